The maximum Gasteiger partial charge on any atom is 0.197 e. The van der Waals surface area contributed by atoms with Crippen LogP contribution < -0.4 is 4.74 Å². The summed E-state index contributed by atoms with van der Waals surface area (Å²) in [6, 6.07) is 33.9. The zero-order chi connectivity index (χ0) is 29.8. The molecule has 220 valence electrons. The molecular weight excluding hydrogens is 548 g/mol. The molecule has 2 unspecified atom stereocenters. The molecule has 6 heteroatoms. The van der Waals surface area contributed by atoms with E-state index in [0.717, 1.165) is 39.9 Å². The predicted octanol–water partition coefficient (Wildman–Crippen LogP) is 8.30. The van der Waals surface area contributed by atoms with Crippen LogP contribution in [0.2, 0.25) is 5.02 Å². The molecule has 5 rings (SSSR count). The lowest BCUT2D eigenvalue weighted by Gasteiger charge is -2.42. The Morgan fingerprint density at radius 1 is 0.857 bits per heavy atom. The lowest BCUT2D eigenvalue weighted by Crippen LogP contribution is -2.46. The smallest absolute Gasteiger partial charge is 0.197 e. The average molecular weight is 587 g/mol. The van der Waals surface area contributed by atoms with Crippen LogP contribution in [-0.4, -0.2) is 25.6 Å². The Hall–Kier alpha value is -3.48. The van der Waals surface area contributed by atoms with E-state index in [1.54, 1.807) is 7.11 Å². The number of aldehydes is 1. The predicted molar refractivity (Wildman–Crippen MR) is 167 cm³/mol. The van der Waals surface area contributed by atoms with Crippen molar-refractivity contribution in [2.24, 2.45) is 0 Å². The highest BCUT2D eigenvalue weighted by Crippen LogP contribution is 2.41. The normalized spacial score (nSPS) is 19.8. The van der Waals surface area contributed by atoms with Crippen LogP contribution in [0.15, 0.2) is 103 Å². The SMILES string of the molecule is CC.CO[C@]1(c2ccc(Cl)c(Cc3ccc(OCc4ccccc4)cc3)c2)CC(OCc2ccccc2)CC(C=O)O1. The Morgan fingerprint density at radius 3 is 2.12 bits per heavy atom. The van der Waals surface area contributed by atoms with Gasteiger partial charge in [0.25, 0.3) is 0 Å². The van der Waals surface area contributed by atoms with Gasteiger partial charge in [-0.25, -0.2) is 0 Å². The molecular formula is C36H39ClO5. The Balaban J connectivity index is 0.00000198. The molecule has 4 aromatic rings. The molecule has 0 aromatic heterocycles. The number of carbonyl (C=O) groups excluding carboxylic acids is 1. The van der Waals surface area contributed by atoms with Gasteiger partial charge in [0.2, 0.25) is 0 Å². The van der Waals surface area contributed by atoms with E-state index in [0.29, 0.717) is 37.5 Å². The fraction of sp³-hybridized carbons (Fsp3) is 0.306. The Morgan fingerprint density at radius 2 is 1.50 bits per heavy atom. The monoisotopic (exact) mass is 586 g/mol. The second-order valence-corrected chi connectivity index (χ2v) is 10.4. The average Bonchev–Trinajstić information content (AvgIpc) is 3.06. The highest BCUT2D eigenvalue weighted by Gasteiger charge is 2.44. The largest absolute Gasteiger partial charge is 0.489 e. The van der Waals surface area contributed by atoms with E-state index in [9.17, 15) is 4.79 Å². The van der Waals surface area contributed by atoms with Crippen molar-refractivity contribution >= 4 is 17.9 Å². The van der Waals surface area contributed by atoms with Crippen molar-refractivity contribution in [2.45, 2.75) is 64.3 Å². The van der Waals surface area contributed by atoms with Gasteiger partial charge in [0.05, 0.1) is 12.7 Å². The molecule has 5 nitrogen and oxygen atoms in total. The first-order chi connectivity index (χ1) is 20.6. The fourth-order valence-electron chi connectivity index (χ4n) is 5.03. The first kappa shape index (κ1) is 31.5. The molecule has 1 heterocycles. The van der Waals surface area contributed by atoms with E-state index in [1.807, 2.05) is 117 Å². The molecule has 1 aliphatic rings. The van der Waals surface area contributed by atoms with Crippen molar-refractivity contribution < 1.29 is 23.7 Å². The lowest BCUT2D eigenvalue weighted by atomic mass is 9.90. The number of carbonyl (C=O) groups is 1. The van der Waals surface area contributed by atoms with E-state index < -0.39 is 11.9 Å². The van der Waals surface area contributed by atoms with Gasteiger partial charge in [0.15, 0.2) is 5.79 Å². The maximum absolute atomic E-state index is 11.9. The highest BCUT2D eigenvalue weighted by molar-refractivity contribution is 6.31. The summed E-state index contributed by atoms with van der Waals surface area (Å²) in [6.07, 6.45) is 1.51. The second-order valence-electron chi connectivity index (χ2n) is 10.0. The summed E-state index contributed by atoms with van der Waals surface area (Å²) in [7, 11) is 1.60. The van der Waals surface area contributed by atoms with Crippen molar-refractivity contribution in [3.05, 3.63) is 136 Å². The maximum atomic E-state index is 11.9. The van der Waals surface area contributed by atoms with Crippen LogP contribution in [0.5, 0.6) is 5.75 Å². The van der Waals surface area contributed by atoms with Crippen molar-refractivity contribution in [1.29, 1.82) is 0 Å². The first-order valence-corrected chi connectivity index (χ1v) is 14.8. The minimum atomic E-state index is -1.13. The molecule has 1 saturated heterocycles. The summed E-state index contributed by atoms with van der Waals surface area (Å²) in [5.74, 6) is -0.317. The third kappa shape index (κ3) is 8.30. The van der Waals surface area contributed by atoms with Crippen LogP contribution in [-0.2, 0) is 44.4 Å². The second kappa shape index (κ2) is 15.7. The van der Waals surface area contributed by atoms with Gasteiger partial charge >= 0.3 is 0 Å². The van der Waals surface area contributed by atoms with E-state index >= 15 is 0 Å². The van der Waals surface area contributed by atoms with Crippen LogP contribution in [0.4, 0.5) is 0 Å². The van der Waals surface area contributed by atoms with E-state index in [1.165, 1.54) is 0 Å². The summed E-state index contributed by atoms with van der Waals surface area (Å²) >= 11 is 6.64. The van der Waals surface area contributed by atoms with Crippen LogP contribution >= 0.6 is 11.6 Å². The first-order valence-electron chi connectivity index (χ1n) is 14.5. The van der Waals surface area contributed by atoms with Crippen LogP contribution in [0.1, 0.15) is 54.5 Å². The molecule has 1 aliphatic heterocycles. The third-order valence-corrected chi connectivity index (χ3v) is 7.56. The number of hydrogen-bond acceptors (Lipinski definition) is 5. The summed E-state index contributed by atoms with van der Waals surface area (Å²) in [4.78, 5) is 11.9. The molecule has 4 aromatic carbocycles. The van der Waals surface area contributed by atoms with Gasteiger partial charge < -0.3 is 23.7 Å². The van der Waals surface area contributed by atoms with Crippen molar-refractivity contribution in [3.8, 4) is 5.75 Å². The van der Waals surface area contributed by atoms with E-state index in [4.69, 9.17) is 30.5 Å². The highest BCUT2D eigenvalue weighted by atomic mass is 35.5. The van der Waals surface area contributed by atoms with Gasteiger partial charge in [-0.2, -0.15) is 0 Å². The van der Waals surface area contributed by atoms with Crippen molar-refractivity contribution in [2.75, 3.05) is 7.11 Å². The van der Waals surface area contributed by atoms with Crippen LogP contribution in [0.25, 0.3) is 0 Å². The quantitative estimate of drug-likeness (QED) is 0.165. The Labute approximate surface area is 254 Å². The van der Waals surface area contributed by atoms with E-state index in [-0.39, 0.29) is 6.10 Å². The van der Waals surface area contributed by atoms with Gasteiger partial charge in [-0.15, -0.1) is 0 Å². The van der Waals surface area contributed by atoms with Gasteiger partial charge in [-0.3, -0.25) is 0 Å². The van der Waals surface area contributed by atoms with Crippen LogP contribution in [0.3, 0.4) is 0 Å². The summed E-state index contributed by atoms with van der Waals surface area (Å²) < 4.78 is 24.4. The van der Waals surface area contributed by atoms with Gasteiger partial charge in [0.1, 0.15) is 24.7 Å². The number of hydrogen-bond donors (Lipinski definition) is 0. The Bertz CT molecular complexity index is 1380. The lowest BCUT2D eigenvalue weighted by molar-refractivity contribution is -0.291. The summed E-state index contributed by atoms with van der Waals surface area (Å²) in [6.45, 7) is 4.97. The van der Waals surface area contributed by atoms with Gasteiger partial charge in [0, 0.05) is 30.5 Å². The minimum absolute atomic E-state index is 0.216. The van der Waals surface area contributed by atoms with Gasteiger partial charge in [-0.1, -0.05) is 104 Å². The summed E-state index contributed by atoms with van der Waals surface area (Å²) in [5, 5.41) is 0.652. The molecule has 0 spiro atoms. The standard InChI is InChI=1S/C34H33ClO5.C2H6/c1-37-34(21-31(20-32(22-36)40-34)39-24-27-10-6-3-7-11-27)29-14-17-33(35)28(19-29)18-25-12-15-30(16-13-25)38-23-26-8-4-2-5-9-26;1-2/h2-17,19,22,31-32H,18,20-21,23-24H2,1H3;1-2H3/t31?,32?,34-;/m1./s1. The topological polar surface area (TPSA) is 54.0 Å². The molecule has 1 fully saturated rings. The molecule has 0 bridgehead atoms. The summed E-state index contributed by atoms with van der Waals surface area (Å²) in [5.41, 5.74) is 5.03. The van der Waals surface area contributed by atoms with Gasteiger partial charge in [-0.05, 0) is 52.9 Å². The molecule has 3 atom stereocenters. The van der Waals surface area contributed by atoms with Crippen molar-refractivity contribution in [3.63, 3.8) is 0 Å². The molecule has 0 radical (unpaired) electrons. The molecule has 42 heavy (non-hydrogen) atoms. The van der Waals surface area contributed by atoms with E-state index in [2.05, 4.69) is 0 Å². The molecule has 0 saturated carbocycles. The zero-order valence-electron chi connectivity index (χ0n) is 24.5. The number of methoxy groups -OCH3 is 1. The third-order valence-electron chi connectivity index (χ3n) is 7.20. The molecule has 0 N–H and O–H groups in total. The van der Waals surface area contributed by atoms with Crippen molar-refractivity contribution in [1.82, 2.24) is 0 Å². The number of rotatable bonds is 11. The molecule has 0 amide bonds. The number of ether oxygens (including phenoxy) is 4. The molecule has 0 aliphatic carbocycles. The number of halogens is 1. The minimum Gasteiger partial charge on any atom is -0.489 e. The number of benzene rings is 4. The fourth-order valence-corrected chi connectivity index (χ4v) is 5.21. The zero-order valence-corrected chi connectivity index (χ0v) is 25.3. The van der Waals surface area contributed by atoms with Crippen LogP contribution in [0, 0.1) is 0 Å². The Kier molecular flexibility index (Phi) is 11.7.